The highest BCUT2D eigenvalue weighted by Crippen LogP contribution is 2.39. The smallest absolute Gasteiger partial charge is 0.194 e. The first-order valence-corrected chi connectivity index (χ1v) is 5.56. The topological polar surface area (TPSA) is 46.2 Å². The summed E-state index contributed by atoms with van der Waals surface area (Å²) >= 11 is 0. The van der Waals surface area contributed by atoms with Crippen molar-refractivity contribution in [1.29, 1.82) is 0 Å². The maximum atomic E-state index is 5.90. The van der Waals surface area contributed by atoms with Crippen molar-refractivity contribution in [3.05, 3.63) is 0 Å². The van der Waals surface area contributed by atoms with E-state index in [1.165, 1.54) is 0 Å². The molecule has 94 valence electrons. The zero-order chi connectivity index (χ0) is 11.8. The van der Waals surface area contributed by atoms with E-state index in [0.29, 0.717) is 6.61 Å². The zero-order valence-electron chi connectivity index (χ0n) is 10.3. The third-order valence-corrected chi connectivity index (χ3v) is 3.48. The third-order valence-electron chi connectivity index (χ3n) is 3.48. The highest BCUT2D eigenvalue weighted by Gasteiger charge is 2.56. The fourth-order valence-corrected chi connectivity index (χ4v) is 2.73. The summed E-state index contributed by atoms with van der Waals surface area (Å²) in [6.07, 6.45) is 0.287. The van der Waals surface area contributed by atoms with Crippen LogP contribution >= 0.6 is 0 Å². The van der Waals surface area contributed by atoms with Crippen LogP contribution in [0.15, 0.2) is 0 Å². The van der Waals surface area contributed by atoms with E-state index >= 15 is 0 Å². The van der Waals surface area contributed by atoms with Crippen LogP contribution in [0.2, 0.25) is 0 Å². The van der Waals surface area contributed by atoms with Gasteiger partial charge in [0.2, 0.25) is 0 Å². The van der Waals surface area contributed by atoms with Crippen LogP contribution in [-0.2, 0) is 23.7 Å². The molecule has 2 fully saturated rings. The molecule has 0 radical (unpaired) electrons. The van der Waals surface area contributed by atoms with E-state index < -0.39 is 5.79 Å². The summed E-state index contributed by atoms with van der Waals surface area (Å²) < 4.78 is 28.0. The highest BCUT2D eigenvalue weighted by atomic mass is 16.7. The molecule has 0 unspecified atom stereocenters. The van der Waals surface area contributed by atoms with E-state index in [4.69, 9.17) is 23.7 Å². The molecule has 5 heteroatoms. The highest BCUT2D eigenvalue weighted by molar-refractivity contribution is 4.99. The van der Waals surface area contributed by atoms with Crippen molar-refractivity contribution in [3.63, 3.8) is 0 Å². The van der Waals surface area contributed by atoms with Gasteiger partial charge in [-0.3, -0.25) is 0 Å². The third kappa shape index (κ3) is 1.76. The number of ether oxygens (including phenoxy) is 5. The number of hydrogen-bond acceptors (Lipinski definition) is 5. The standard InChI is InChI=1S/C11H20O5/c1-11-10(14-4)9(13-3)8(12-2)7(16-11)5-6-15-11/h7-10H,5-6H2,1-4H3/t7-,8-,9-,10+,11+/m0/s1. The first-order chi connectivity index (χ1) is 7.66. The summed E-state index contributed by atoms with van der Waals surface area (Å²) in [5.41, 5.74) is 0. The minimum atomic E-state index is -0.729. The molecule has 5 nitrogen and oxygen atoms in total. The van der Waals surface area contributed by atoms with Crippen LogP contribution in [0.1, 0.15) is 13.3 Å². The van der Waals surface area contributed by atoms with E-state index in [0.717, 1.165) is 6.42 Å². The van der Waals surface area contributed by atoms with Crippen molar-refractivity contribution in [2.24, 2.45) is 0 Å². The Labute approximate surface area is 95.9 Å². The predicted molar refractivity (Wildman–Crippen MR) is 56.2 cm³/mol. The first-order valence-electron chi connectivity index (χ1n) is 5.56. The van der Waals surface area contributed by atoms with Gasteiger partial charge in [0.25, 0.3) is 0 Å². The average Bonchev–Trinajstić information content (AvgIpc) is 2.28. The Morgan fingerprint density at radius 2 is 1.75 bits per heavy atom. The minimum Gasteiger partial charge on any atom is -0.376 e. The van der Waals surface area contributed by atoms with Crippen molar-refractivity contribution in [2.75, 3.05) is 27.9 Å². The van der Waals surface area contributed by atoms with Gasteiger partial charge >= 0.3 is 0 Å². The maximum absolute atomic E-state index is 5.90. The lowest BCUT2D eigenvalue weighted by Gasteiger charge is -2.52. The molecule has 0 aliphatic carbocycles. The summed E-state index contributed by atoms with van der Waals surface area (Å²) in [5.74, 6) is -0.729. The maximum Gasteiger partial charge on any atom is 0.194 e. The molecule has 16 heavy (non-hydrogen) atoms. The molecule has 0 saturated carbocycles. The molecule has 2 saturated heterocycles. The minimum absolute atomic E-state index is 0.0140. The van der Waals surface area contributed by atoms with Gasteiger partial charge in [-0.2, -0.15) is 0 Å². The second kappa shape index (κ2) is 4.58. The molecular formula is C11H20O5. The van der Waals surface area contributed by atoms with E-state index in [1.807, 2.05) is 6.92 Å². The second-order valence-electron chi connectivity index (χ2n) is 4.37. The van der Waals surface area contributed by atoms with Crippen molar-refractivity contribution in [1.82, 2.24) is 0 Å². The molecule has 0 spiro atoms. The predicted octanol–water partition coefficient (Wildman–Crippen LogP) is 0.567. The van der Waals surface area contributed by atoms with Crippen molar-refractivity contribution in [3.8, 4) is 0 Å². The van der Waals surface area contributed by atoms with Gasteiger partial charge in [-0.05, 0) is 13.3 Å². The van der Waals surface area contributed by atoms with Crippen LogP contribution < -0.4 is 0 Å². The van der Waals surface area contributed by atoms with Gasteiger partial charge in [0.05, 0.1) is 12.7 Å². The van der Waals surface area contributed by atoms with Crippen LogP contribution in [0.4, 0.5) is 0 Å². The normalized spacial score (nSPS) is 48.0. The Balaban J connectivity index is 2.26. The quantitative estimate of drug-likeness (QED) is 0.711. The molecule has 2 bridgehead atoms. The van der Waals surface area contributed by atoms with Gasteiger partial charge in [-0.1, -0.05) is 0 Å². The molecule has 0 N–H and O–H groups in total. The van der Waals surface area contributed by atoms with Gasteiger partial charge in [0.1, 0.15) is 18.3 Å². The Morgan fingerprint density at radius 1 is 1.06 bits per heavy atom. The van der Waals surface area contributed by atoms with Gasteiger partial charge in [0, 0.05) is 21.3 Å². The van der Waals surface area contributed by atoms with Gasteiger partial charge in [0.15, 0.2) is 5.79 Å². The zero-order valence-corrected chi connectivity index (χ0v) is 10.3. The van der Waals surface area contributed by atoms with E-state index in [9.17, 15) is 0 Å². The largest absolute Gasteiger partial charge is 0.376 e. The average molecular weight is 232 g/mol. The first kappa shape index (κ1) is 12.3. The van der Waals surface area contributed by atoms with Gasteiger partial charge in [-0.25, -0.2) is 0 Å². The summed E-state index contributed by atoms with van der Waals surface area (Å²) in [5, 5.41) is 0. The lowest BCUT2D eigenvalue weighted by molar-refractivity contribution is -0.385. The van der Waals surface area contributed by atoms with Gasteiger partial charge < -0.3 is 23.7 Å². The van der Waals surface area contributed by atoms with Crippen molar-refractivity contribution < 1.29 is 23.7 Å². The molecule has 0 aromatic carbocycles. The number of rotatable bonds is 3. The molecule has 2 heterocycles. The van der Waals surface area contributed by atoms with Crippen LogP contribution in [0, 0.1) is 0 Å². The summed E-state index contributed by atoms with van der Waals surface area (Å²) in [4.78, 5) is 0. The number of methoxy groups -OCH3 is 3. The summed E-state index contributed by atoms with van der Waals surface area (Å²) in [7, 11) is 4.97. The Kier molecular flexibility index (Phi) is 3.51. The van der Waals surface area contributed by atoms with Crippen LogP contribution in [-0.4, -0.2) is 58.1 Å². The molecule has 0 amide bonds. The van der Waals surface area contributed by atoms with Crippen molar-refractivity contribution >= 4 is 0 Å². The molecule has 0 aromatic rings. The Bertz CT molecular complexity index is 247. The summed E-state index contributed by atoms with van der Waals surface area (Å²) in [6.45, 7) is 2.56. The SMILES string of the molecule is CO[C@@H]1[C@H](OC)[C@@H](OC)[C@]2(C)OCC[C@@H]1O2. The van der Waals surface area contributed by atoms with Crippen LogP contribution in [0.5, 0.6) is 0 Å². The molecule has 2 aliphatic heterocycles. The van der Waals surface area contributed by atoms with Crippen LogP contribution in [0.3, 0.4) is 0 Å². The Morgan fingerprint density at radius 3 is 2.31 bits per heavy atom. The second-order valence-corrected chi connectivity index (χ2v) is 4.37. The molecule has 5 atom stereocenters. The summed E-state index contributed by atoms with van der Waals surface area (Å²) in [6, 6.07) is 0. The number of fused-ring (bicyclic) bond motifs is 2. The van der Waals surface area contributed by atoms with E-state index in [2.05, 4.69) is 0 Å². The lowest BCUT2D eigenvalue weighted by Crippen LogP contribution is -2.68. The Hall–Kier alpha value is -0.200. The molecule has 2 rings (SSSR count). The van der Waals surface area contributed by atoms with E-state index in [-0.39, 0.29) is 24.4 Å². The molecular weight excluding hydrogens is 212 g/mol. The van der Waals surface area contributed by atoms with Gasteiger partial charge in [-0.15, -0.1) is 0 Å². The fraction of sp³-hybridized carbons (Fsp3) is 1.00. The monoisotopic (exact) mass is 232 g/mol. The fourth-order valence-electron chi connectivity index (χ4n) is 2.73. The van der Waals surface area contributed by atoms with Crippen LogP contribution in [0.25, 0.3) is 0 Å². The van der Waals surface area contributed by atoms with Crippen molar-refractivity contribution in [2.45, 2.75) is 43.5 Å². The number of hydrogen-bond donors (Lipinski definition) is 0. The molecule has 0 aromatic heterocycles. The van der Waals surface area contributed by atoms with E-state index in [1.54, 1.807) is 21.3 Å². The molecule has 2 aliphatic rings. The lowest BCUT2D eigenvalue weighted by atomic mass is 9.89.